The van der Waals surface area contributed by atoms with Gasteiger partial charge in [0.2, 0.25) is 0 Å². The summed E-state index contributed by atoms with van der Waals surface area (Å²) in [6.07, 6.45) is 0. The molecule has 17 heavy (non-hydrogen) atoms. The summed E-state index contributed by atoms with van der Waals surface area (Å²) in [7, 11) is 0. The van der Waals surface area contributed by atoms with Gasteiger partial charge in [0.1, 0.15) is 0 Å². The average Bonchev–Trinajstić information content (AvgIpc) is 2.35. The van der Waals surface area contributed by atoms with Crippen LogP contribution in [0.25, 0.3) is 0 Å². The van der Waals surface area contributed by atoms with E-state index in [0.717, 1.165) is 0 Å². The summed E-state index contributed by atoms with van der Waals surface area (Å²) in [4.78, 5) is 0. The molecule has 0 aromatic heterocycles. The van der Waals surface area contributed by atoms with Gasteiger partial charge in [0, 0.05) is 42.1 Å². The summed E-state index contributed by atoms with van der Waals surface area (Å²) in [5.41, 5.74) is 7.76. The summed E-state index contributed by atoms with van der Waals surface area (Å²) in [5, 5.41) is 42.1. The minimum absolute atomic E-state index is 2.24. The Morgan fingerprint density at radius 2 is 0.765 bits per heavy atom. The average molecular weight is 239 g/mol. The van der Waals surface area contributed by atoms with Crippen LogP contribution in [0.15, 0.2) is 78.3 Å². The molecule has 0 aliphatic rings. The maximum atomic E-state index is 7.76. The van der Waals surface area contributed by atoms with Crippen LogP contribution in [0.4, 0.5) is 0 Å². The van der Waals surface area contributed by atoms with Gasteiger partial charge in [-0.1, -0.05) is 0 Å². The summed E-state index contributed by atoms with van der Waals surface area (Å²) in [5.74, 6) is 6.17. The van der Waals surface area contributed by atoms with Gasteiger partial charge in [-0.2, -0.15) is 5.84 Å². The topological polar surface area (TPSA) is 232 Å². The van der Waals surface area contributed by atoms with Gasteiger partial charge in [-0.3, -0.25) is 0 Å². The Labute approximate surface area is 90.8 Å². The Bertz CT molecular complexity index is 369. The minimum Gasteiger partial charge on any atom is -0.183 e. The monoisotopic (exact) mass is 239 g/mol. The van der Waals surface area contributed by atoms with Gasteiger partial charge in [-0.05, 0) is 41.8 Å². The lowest BCUT2D eigenvalue weighted by Crippen LogP contribution is -1.51. The lowest BCUT2D eigenvalue weighted by Gasteiger charge is -1.68. The van der Waals surface area contributed by atoms with Crippen LogP contribution in [-0.4, -0.2) is 0 Å². The van der Waals surface area contributed by atoms with E-state index in [2.05, 4.69) is 78.3 Å². The van der Waals surface area contributed by atoms with Crippen molar-refractivity contribution in [3.63, 3.8) is 0 Å². The lowest BCUT2D eigenvalue weighted by molar-refractivity contribution is 0.744. The first-order valence-corrected chi connectivity index (χ1v) is 3.22. The zero-order valence-electron chi connectivity index (χ0n) is 7.66. The molecule has 17 heteroatoms. The Balaban J connectivity index is 3.80. The Kier molecular flexibility index (Phi) is 10.1. The van der Waals surface area contributed by atoms with Gasteiger partial charge >= 0.3 is 0 Å². The molecule has 0 fully saturated rings. The molecule has 0 amide bonds. The van der Waals surface area contributed by atoms with Gasteiger partial charge in [0.05, 0.1) is 0 Å². The summed E-state index contributed by atoms with van der Waals surface area (Å²) < 4.78 is 0. The molecule has 0 aromatic carbocycles. The Hall–Kier alpha value is -3.40. The van der Waals surface area contributed by atoms with Gasteiger partial charge in [-0.15, -0.1) is 0 Å². The van der Waals surface area contributed by atoms with Gasteiger partial charge < -0.3 is 0 Å². The molecule has 2 radical (unpaired) electrons. The van der Waals surface area contributed by atoms with Crippen molar-refractivity contribution >= 4 is 0 Å². The fourth-order valence-corrected chi connectivity index (χ4v) is 0.235. The van der Waals surface area contributed by atoms with Crippen LogP contribution in [0.3, 0.4) is 0 Å². The summed E-state index contributed by atoms with van der Waals surface area (Å²) >= 11 is 0. The third-order valence-electron chi connectivity index (χ3n) is 0.565. The molecule has 0 spiro atoms. The molecule has 0 unspecified atom stereocenters. The van der Waals surface area contributed by atoms with Crippen molar-refractivity contribution < 1.29 is 0 Å². The molecule has 0 bridgehead atoms. The molecule has 0 saturated heterocycles. The fraction of sp³-hybridized carbons (Fsp3) is 0. The Morgan fingerprint density at radius 3 is 1.06 bits per heavy atom. The van der Waals surface area contributed by atoms with E-state index in [1.165, 1.54) is 0 Å². The predicted molar refractivity (Wildman–Crippen MR) is 41.7 cm³/mol. The Morgan fingerprint density at radius 1 is 0.471 bits per heavy atom. The van der Waals surface area contributed by atoms with Crippen molar-refractivity contribution in [1.82, 2.24) is 11.4 Å². The zero-order chi connectivity index (χ0) is 12.6. The van der Waals surface area contributed by atoms with Crippen LogP contribution in [0.1, 0.15) is 0 Å². The quantitative estimate of drug-likeness (QED) is 0.457. The van der Waals surface area contributed by atoms with E-state index in [1.807, 2.05) is 0 Å². The highest BCUT2D eigenvalue weighted by molar-refractivity contribution is 4.12. The van der Waals surface area contributed by atoms with E-state index in [9.17, 15) is 0 Å². The number of nitrogens with zero attached hydrogens (tertiary/aromatic N) is 16. The molecule has 17 nitrogen and oxygen atoms in total. The molecule has 1 N–H and O–H groups in total. The number of rotatable bonds is 7. The molecule has 0 aliphatic heterocycles. The first kappa shape index (κ1) is 13.6. The maximum absolute atomic E-state index is 7.76. The fourth-order valence-electron chi connectivity index (χ4n) is 0.235. The predicted octanol–water partition coefficient (Wildman–Crippen LogP) is 2.01. The van der Waals surface area contributed by atoms with Gasteiger partial charge in [0.25, 0.3) is 0 Å². The molecular formula is HN17. The molecule has 0 saturated carbocycles. The second-order valence-corrected chi connectivity index (χ2v) is 1.35. The summed E-state index contributed by atoms with van der Waals surface area (Å²) in [6, 6.07) is 0. The van der Waals surface area contributed by atoms with E-state index in [-0.39, 0.29) is 0 Å². The third kappa shape index (κ3) is 12.6. The lowest BCUT2D eigenvalue weighted by atomic mass is 12.3. The second kappa shape index (κ2) is 12.6. The van der Waals surface area contributed by atoms with Crippen LogP contribution >= 0.6 is 0 Å². The van der Waals surface area contributed by atoms with E-state index >= 15 is 0 Å². The number of hydrogen-bond acceptors (Lipinski definition) is 1. The molecule has 0 rings (SSSR count). The third-order valence-corrected chi connectivity index (χ3v) is 0.565. The van der Waals surface area contributed by atoms with E-state index in [0.29, 0.717) is 0 Å². The van der Waals surface area contributed by atoms with Gasteiger partial charge in [-0.25, -0.2) is 0 Å². The smallest absolute Gasteiger partial charge is 0 e. The highest BCUT2D eigenvalue weighted by Crippen LogP contribution is 1.87. The van der Waals surface area contributed by atoms with Crippen LogP contribution < -0.4 is 11.4 Å². The SMILES string of the molecule is [N]=N/N=N/N=N/N=N/N=N/N=N/N=N/N=N/[NH]. The first-order chi connectivity index (χ1) is 8.41. The van der Waals surface area contributed by atoms with E-state index in [4.69, 9.17) is 11.4 Å². The van der Waals surface area contributed by atoms with Gasteiger partial charge in [0.15, 0.2) is 0 Å². The van der Waals surface area contributed by atoms with Crippen molar-refractivity contribution in [3.05, 3.63) is 0 Å². The van der Waals surface area contributed by atoms with Crippen molar-refractivity contribution in [3.8, 4) is 0 Å². The molecule has 86 valence electrons. The van der Waals surface area contributed by atoms with Crippen LogP contribution in [0.5, 0.6) is 0 Å². The zero-order valence-corrected chi connectivity index (χ0v) is 7.66. The van der Waals surface area contributed by atoms with Crippen molar-refractivity contribution in [2.24, 2.45) is 78.3 Å². The standard InChI is InChI=1S/HN17/c1-3-5-7-9-11-13-15-17-16-14-12-10-8-6-4-2/h1H/b5-3+,8-6+,9-7+,12-10+,13-11+,16-14+,17-15+. The van der Waals surface area contributed by atoms with Crippen LogP contribution in [-0.2, 0) is 0 Å². The normalized spacial score (nSPS) is 13.9. The van der Waals surface area contributed by atoms with Crippen molar-refractivity contribution in [2.45, 2.75) is 0 Å². The maximum Gasteiger partial charge on any atom is 0 e. The number of hydrogen-bond donors (Lipinski definition) is 0. The molecule has 0 aromatic rings. The highest BCUT2D eigenvalue weighted by atomic mass is 15.7. The number of nitrogens with one attached hydrogen (secondary N) is 1. The second-order valence-electron chi connectivity index (χ2n) is 1.35. The molecule has 0 aliphatic carbocycles. The van der Waals surface area contributed by atoms with Crippen LogP contribution in [0.2, 0.25) is 0 Å². The van der Waals surface area contributed by atoms with E-state index in [1.54, 1.807) is 0 Å². The van der Waals surface area contributed by atoms with E-state index < -0.39 is 0 Å². The van der Waals surface area contributed by atoms with Crippen LogP contribution in [0, 0.1) is 0 Å². The largest absolute Gasteiger partial charge is 0.183 e. The van der Waals surface area contributed by atoms with Crippen molar-refractivity contribution in [1.29, 1.82) is 0 Å². The molecular weight excluding hydrogens is 238 g/mol. The summed E-state index contributed by atoms with van der Waals surface area (Å²) in [6.45, 7) is 0. The molecule has 0 atom stereocenters. The molecule has 0 heterocycles. The minimum atomic E-state index is 2.24. The first-order valence-electron chi connectivity index (χ1n) is 3.22. The highest BCUT2D eigenvalue weighted by Gasteiger charge is 1.69. The van der Waals surface area contributed by atoms with Crippen molar-refractivity contribution in [2.75, 3.05) is 0 Å².